The molecule has 0 amide bonds. The molecule has 9 nitrogen and oxygen atoms in total. The first-order valence-electron chi connectivity index (χ1n) is 20.0. The van der Waals surface area contributed by atoms with Gasteiger partial charge in [0.15, 0.2) is 23.3 Å². The molecule has 19 heteroatoms. The first kappa shape index (κ1) is 47.4. The van der Waals surface area contributed by atoms with Crippen molar-refractivity contribution in [1.82, 2.24) is 28.7 Å². The van der Waals surface area contributed by atoms with E-state index < -0.39 is 58.7 Å². The van der Waals surface area contributed by atoms with Gasteiger partial charge in [0, 0.05) is 59.1 Å². The van der Waals surface area contributed by atoms with E-state index in [0.29, 0.717) is 27.3 Å². The predicted octanol–water partition coefficient (Wildman–Crippen LogP) is 11.3. The number of halogens is 10. The van der Waals surface area contributed by atoms with Gasteiger partial charge in [0.25, 0.3) is 16.7 Å². The van der Waals surface area contributed by atoms with Crippen molar-refractivity contribution < 1.29 is 39.5 Å². The average molecular weight is 947 g/mol. The highest BCUT2D eigenvalue weighted by Gasteiger charge is 2.30. The highest BCUT2D eigenvalue weighted by atomic mass is 35.5. The molecule has 0 atom stereocenters. The van der Waals surface area contributed by atoms with Gasteiger partial charge in [-0.3, -0.25) is 19.0 Å². The van der Waals surface area contributed by atoms with Crippen LogP contribution in [0.1, 0.15) is 13.8 Å². The van der Waals surface area contributed by atoms with Crippen LogP contribution in [0.5, 0.6) is 0 Å². The topological polar surface area (TPSA) is 105 Å². The number of fused-ring (bicyclic) bond motifs is 3. The lowest BCUT2D eigenvalue weighted by Crippen LogP contribution is -2.30. The predicted molar refractivity (Wildman–Crippen MR) is 236 cm³/mol. The Morgan fingerprint density at radius 1 is 0.463 bits per heavy atom. The van der Waals surface area contributed by atoms with E-state index in [4.69, 9.17) is 11.6 Å². The molecule has 3 aromatic heterocycles. The average Bonchev–Trinajstić information content (AvgIpc) is 3.29. The molecule has 3 heterocycles. The summed E-state index contributed by atoms with van der Waals surface area (Å²) >= 11 is 5.84. The van der Waals surface area contributed by atoms with Crippen molar-refractivity contribution >= 4 is 44.7 Å². The molecule has 0 N–H and O–H groups in total. The third-order valence-electron chi connectivity index (χ3n) is 10.2. The molecule has 342 valence electrons. The summed E-state index contributed by atoms with van der Waals surface area (Å²) in [6.45, 7) is 2.66. The van der Waals surface area contributed by atoms with E-state index in [9.17, 15) is 53.9 Å². The second-order valence-electron chi connectivity index (χ2n) is 14.5. The van der Waals surface area contributed by atoms with Crippen LogP contribution in [-0.4, -0.2) is 34.8 Å². The Hall–Kier alpha value is -7.60. The Kier molecular flexibility index (Phi) is 13.8. The summed E-state index contributed by atoms with van der Waals surface area (Å²) in [7, 11) is 0. The lowest BCUT2D eigenvalue weighted by molar-refractivity contribution is -0.140. The van der Waals surface area contributed by atoms with Gasteiger partial charge in [-0.15, -0.1) is 0 Å². The molecule has 0 bridgehead atoms. The molecule has 0 unspecified atom stereocenters. The van der Waals surface area contributed by atoms with Crippen LogP contribution in [0.15, 0.2) is 136 Å². The number of hydrogen-bond acceptors (Lipinski definition) is 6. The molecular weight excluding hydrogens is 915 g/mol. The molecule has 0 saturated carbocycles. The SMILES string of the molecule is CCn1c(=O)c(-c2ccc(Cl)cc2)nc2cc(F)c(F)cc21.CCn1c(=O)c(-c2ccc(F)cc2)nc2cc(F)c(F)cc21.O=c1c(-c2ccc(F)cc2)nc2ccccc2n1CC(F)(F)F. The monoisotopic (exact) mass is 946 g/mol. The van der Waals surface area contributed by atoms with Gasteiger partial charge >= 0.3 is 6.18 Å². The van der Waals surface area contributed by atoms with Crippen LogP contribution in [0.3, 0.4) is 0 Å². The van der Waals surface area contributed by atoms with E-state index in [1.54, 1.807) is 44.2 Å². The minimum atomic E-state index is -4.55. The molecule has 9 aromatic rings. The molecule has 0 fully saturated rings. The molecule has 0 radical (unpaired) electrons. The summed E-state index contributed by atoms with van der Waals surface area (Å²) in [5.74, 6) is -5.02. The van der Waals surface area contributed by atoms with E-state index in [2.05, 4.69) is 15.0 Å². The van der Waals surface area contributed by atoms with Gasteiger partial charge in [-0.05, 0) is 86.6 Å². The summed E-state index contributed by atoms with van der Waals surface area (Å²) in [6, 6.07) is 26.7. The third kappa shape index (κ3) is 10.3. The van der Waals surface area contributed by atoms with E-state index in [1.165, 1.54) is 63.7 Å². The number of rotatable bonds is 6. The van der Waals surface area contributed by atoms with Crippen LogP contribution in [0, 0.1) is 34.9 Å². The van der Waals surface area contributed by atoms with Gasteiger partial charge < -0.3 is 9.13 Å². The van der Waals surface area contributed by atoms with Crippen LogP contribution in [0.2, 0.25) is 5.02 Å². The number of alkyl halides is 3. The Morgan fingerprint density at radius 3 is 1.22 bits per heavy atom. The van der Waals surface area contributed by atoms with Gasteiger partial charge in [0.2, 0.25) is 0 Å². The first-order valence-corrected chi connectivity index (χ1v) is 20.4. The lowest BCUT2D eigenvalue weighted by Gasteiger charge is -2.14. The summed E-state index contributed by atoms with van der Waals surface area (Å²) in [6.07, 6.45) is -4.55. The minimum Gasteiger partial charge on any atom is -0.305 e. The third-order valence-corrected chi connectivity index (χ3v) is 10.4. The van der Waals surface area contributed by atoms with E-state index in [-0.39, 0.29) is 67.8 Å². The maximum absolute atomic E-state index is 13.5. The molecule has 6 aromatic carbocycles. The van der Waals surface area contributed by atoms with Gasteiger partial charge in [-0.1, -0.05) is 35.9 Å². The Balaban J connectivity index is 0.000000149. The van der Waals surface area contributed by atoms with E-state index >= 15 is 0 Å². The van der Waals surface area contributed by atoms with Crippen molar-refractivity contribution in [1.29, 1.82) is 0 Å². The fourth-order valence-electron chi connectivity index (χ4n) is 7.02. The summed E-state index contributed by atoms with van der Waals surface area (Å²) in [4.78, 5) is 50.0. The fourth-order valence-corrected chi connectivity index (χ4v) is 7.14. The van der Waals surface area contributed by atoms with Crippen molar-refractivity contribution in [3.8, 4) is 33.8 Å². The van der Waals surface area contributed by atoms with E-state index in [0.717, 1.165) is 36.4 Å². The first-order chi connectivity index (χ1) is 31.9. The Labute approximate surface area is 377 Å². The number of nitrogens with zero attached hydrogens (tertiary/aromatic N) is 6. The summed E-state index contributed by atoms with van der Waals surface area (Å²) < 4.78 is 121. The fraction of sp³-hybridized carbons (Fsp3) is 0.125. The lowest BCUT2D eigenvalue weighted by atomic mass is 10.1. The number of para-hydroxylation sites is 2. The van der Waals surface area contributed by atoms with Gasteiger partial charge in [0.1, 0.15) is 35.3 Å². The Morgan fingerprint density at radius 2 is 0.821 bits per heavy atom. The van der Waals surface area contributed by atoms with Crippen molar-refractivity contribution in [3.63, 3.8) is 0 Å². The smallest absolute Gasteiger partial charge is 0.305 e. The maximum Gasteiger partial charge on any atom is 0.406 e. The van der Waals surface area contributed by atoms with Crippen LogP contribution >= 0.6 is 11.6 Å². The second kappa shape index (κ2) is 19.5. The van der Waals surface area contributed by atoms with Crippen LogP contribution < -0.4 is 16.7 Å². The van der Waals surface area contributed by atoms with Gasteiger partial charge in [-0.25, -0.2) is 41.3 Å². The molecule has 67 heavy (non-hydrogen) atoms. The molecule has 0 saturated heterocycles. The zero-order valence-electron chi connectivity index (χ0n) is 34.9. The summed E-state index contributed by atoms with van der Waals surface area (Å²) in [5, 5.41) is 0.536. The van der Waals surface area contributed by atoms with Crippen molar-refractivity contribution in [3.05, 3.63) is 192 Å². The van der Waals surface area contributed by atoms with E-state index in [1.807, 2.05) is 0 Å². The van der Waals surface area contributed by atoms with Crippen molar-refractivity contribution in [2.75, 3.05) is 0 Å². The van der Waals surface area contributed by atoms with Crippen LogP contribution in [0.4, 0.5) is 39.5 Å². The van der Waals surface area contributed by atoms with Gasteiger partial charge in [-0.2, -0.15) is 13.2 Å². The largest absolute Gasteiger partial charge is 0.406 e. The molecule has 0 aliphatic heterocycles. The maximum atomic E-state index is 13.5. The van der Waals surface area contributed by atoms with Crippen molar-refractivity contribution in [2.45, 2.75) is 39.7 Å². The quantitative estimate of drug-likeness (QED) is 0.154. The number of hydrogen-bond donors (Lipinski definition) is 0. The molecule has 0 spiro atoms. The molecule has 0 aliphatic carbocycles. The Bertz CT molecular complexity index is 3330. The number of aryl methyl sites for hydroxylation is 2. The minimum absolute atomic E-state index is 0.0698. The number of aromatic nitrogens is 6. The highest BCUT2D eigenvalue weighted by Crippen LogP contribution is 2.25. The second-order valence-corrected chi connectivity index (χ2v) is 14.9. The zero-order valence-corrected chi connectivity index (χ0v) is 35.6. The summed E-state index contributed by atoms with van der Waals surface area (Å²) in [5.41, 5.74) is 0.929. The zero-order chi connectivity index (χ0) is 48.3. The number of benzene rings is 6. The van der Waals surface area contributed by atoms with Crippen molar-refractivity contribution in [2.24, 2.45) is 0 Å². The molecule has 9 rings (SSSR count). The normalized spacial score (nSPS) is 11.3. The van der Waals surface area contributed by atoms with Gasteiger partial charge in [0.05, 0.1) is 33.1 Å². The molecule has 0 aliphatic rings. The van der Waals surface area contributed by atoms with Crippen LogP contribution in [-0.2, 0) is 19.6 Å². The highest BCUT2D eigenvalue weighted by molar-refractivity contribution is 6.30. The standard InChI is InChI=1S/C16H11ClF2N2O.C16H10F4N2O.C16H11F3N2O/c1-2-21-14-8-12(19)11(18)7-13(14)20-15(16(21)22)9-3-5-10(17)6-4-9;17-11-7-5-10(6-8-11)14-15(23)22(9-16(18,19)20)13-4-2-1-3-12(13)21-14;1-2-21-14-8-12(19)11(18)7-13(14)20-15(16(21)22)9-3-5-10(17)6-4-9/h3-8H,2H2,1H3;1-8H,9H2;3-8H,2H2,1H3. The molecular formula is C48H32ClF9N6O3. The van der Waals surface area contributed by atoms with Crippen LogP contribution in [0.25, 0.3) is 66.9 Å².